The lowest BCUT2D eigenvalue weighted by molar-refractivity contribution is 1.33. The maximum atomic E-state index is 4.16. The third-order valence-corrected chi connectivity index (χ3v) is 2.91. The number of nitrogens with zero attached hydrogens (tertiary/aromatic N) is 2. The zero-order valence-corrected chi connectivity index (χ0v) is 10.3. The molecule has 0 unspecified atom stereocenters. The van der Waals surface area contributed by atoms with Crippen LogP contribution in [0.3, 0.4) is 0 Å². The van der Waals surface area contributed by atoms with E-state index in [1.165, 1.54) is 0 Å². The zero-order chi connectivity index (χ0) is 12.9. The van der Waals surface area contributed by atoms with Gasteiger partial charge < -0.3 is 0 Å². The lowest BCUT2D eigenvalue weighted by atomic mass is 10.0. The van der Waals surface area contributed by atoms with Gasteiger partial charge in [0.1, 0.15) is 0 Å². The van der Waals surface area contributed by atoms with E-state index in [9.17, 15) is 0 Å². The number of aliphatic imine (C=N–C) groups is 1. The summed E-state index contributed by atoms with van der Waals surface area (Å²) in [7, 11) is 0. The van der Waals surface area contributed by atoms with Crippen molar-refractivity contribution in [1.29, 1.82) is 0 Å². The summed E-state index contributed by atoms with van der Waals surface area (Å²) >= 11 is 0. The average molecular weight is 244 g/mol. The molecule has 0 radical (unpaired) electrons. The largest absolute Gasteiger partial charge is 0.264 e. The van der Waals surface area contributed by atoms with Gasteiger partial charge in [-0.1, -0.05) is 24.3 Å². The number of hydrogen-bond donors (Lipinski definition) is 0. The Labute approximate surface area is 112 Å². The standard InChI is InChI=1S/C17H12N2/c1-2-9-18-12-16(5-1)14-6-3-7-15(11-14)17-8-4-10-19-13-17/h1,3-13H. The van der Waals surface area contributed by atoms with Crippen LogP contribution in [0.15, 0.2) is 77.9 Å². The van der Waals surface area contributed by atoms with Crippen LogP contribution in [0.5, 0.6) is 0 Å². The molecule has 2 heteroatoms. The molecule has 2 aromatic rings. The van der Waals surface area contributed by atoms with E-state index in [-0.39, 0.29) is 0 Å². The number of benzene rings is 1. The van der Waals surface area contributed by atoms with Gasteiger partial charge in [-0.2, -0.15) is 0 Å². The molecule has 0 amide bonds. The third kappa shape index (κ3) is 2.59. The normalized spacial score (nSPS) is 13.2. The van der Waals surface area contributed by atoms with Crippen LogP contribution >= 0.6 is 0 Å². The van der Waals surface area contributed by atoms with Crippen LogP contribution in [0.4, 0.5) is 0 Å². The van der Waals surface area contributed by atoms with Crippen molar-refractivity contribution < 1.29 is 0 Å². The van der Waals surface area contributed by atoms with Crippen LogP contribution in [0.2, 0.25) is 0 Å². The Hall–Kier alpha value is -2.70. The Morgan fingerprint density at radius 1 is 0.947 bits per heavy atom. The average Bonchev–Trinajstić information content (AvgIpc) is 2.77. The second-order valence-electron chi connectivity index (χ2n) is 4.19. The first-order valence-electron chi connectivity index (χ1n) is 6.09. The minimum Gasteiger partial charge on any atom is -0.264 e. The van der Waals surface area contributed by atoms with Gasteiger partial charge in [-0.25, -0.2) is 0 Å². The number of pyridine rings is 1. The SMILES string of the molecule is C1=CC=C(c2cccc(-c3cccnc3)c2)C=NC=1. The van der Waals surface area contributed by atoms with E-state index in [0.29, 0.717) is 0 Å². The van der Waals surface area contributed by atoms with Crippen molar-refractivity contribution in [3.8, 4) is 11.1 Å². The van der Waals surface area contributed by atoms with Crippen molar-refractivity contribution in [3.63, 3.8) is 0 Å². The van der Waals surface area contributed by atoms with E-state index in [4.69, 9.17) is 0 Å². The van der Waals surface area contributed by atoms with Gasteiger partial charge >= 0.3 is 0 Å². The molecule has 0 bridgehead atoms. The van der Waals surface area contributed by atoms with Gasteiger partial charge in [0.15, 0.2) is 0 Å². The molecule has 1 aliphatic rings. The summed E-state index contributed by atoms with van der Waals surface area (Å²) in [5.74, 6) is 0. The minimum absolute atomic E-state index is 1.08. The highest BCUT2D eigenvalue weighted by atomic mass is 14.7. The monoisotopic (exact) mass is 244 g/mol. The molecule has 0 spiro atoms. The van der Waals surface area contributed by atoms with Gasteiger partial charge in [0.05, 0.1) is 6.20 Å². The lowest BCUT2D eigenvalue weighted by Crippen LogP contribution is -1.87. The van der Waals surface area contributed by atoms with Crippen molar-refractivity contribution in [3.05, 3.63) is 78.4 Å². The number of aromatic nitrogens is 1. The van der Waals surface area contributed by atoms with Crippen LogP contribution in [-0.2, 0) is 0 Å². The molecule has 2 nitrogen and oxygen atoms in total. The third-order valence-electron chi connectivity index (χ3n) is 2.91. The molecule has 0 atom stereocenters. The Balaban J connectivity index is 2.02. The van der Waals surface area contributed by atoms with E-state index in [1.54, 1.807) is 12.4 Å². The quantitative estimate of drug-likeness (QED) is 0.736. The Morgan fingerprint density at radius 2 is 1.84 bits per heavy atom. The minimum atomic E-state index is 1.08. The lowest BCUT2D eigenvalue weighted by Gasteiger charge is -2.05. The van der Waals surface area contributed by atoms with E-state index < -0.39 is 0 Å². The number of rotatable bonds is 2. The maximum Gasteiger partial charge on any atom is 0.0686 e. The molecule has 0 saturated heterocycles. The van der Waals surface area contributed by atoms with Crippen LogP contribution in [-0.4, -0.2) is 11.2 Å². The Bertz CT molecular complexity index is 703. The predicted octanol–water partition coefficient (Wildman–Crippen LogP) is 3.89. The van der Waals surface area contributed by atoms with Crippen LogP contribution < -0.4 is 0 Å². The van der Waals surface area contributed by atoms with E-state index in [1.807, 2.05) is 36.7 Å². The van der Waals surface area contributed by atoms with Crippen LogP contribution in [0.1, 0.15) is 5.56 Å². The fourth-order valence-electron chi connectivity index (χ4n) is 1.97. The molecular formula is C17H12N2. The summed E-state index contributed by atoms with van der Waals surface area (Å²) in [6, 6.07) is 12.4. The highest BCUT2D eigenvalue weighted by Gasteiger charge is 2.02. The summed E-state index contributed by atoms with van der Waals surface area (Å²) in [4.78, 5) is 8.31. The molecule has 19 heavy (non-hydrogen) atoms. The number of hydrogen-bond acceptors (Lipinski definition) is 2. The summed E-state index contributed by atoms with van der Waals surface area (Å²) in [5, 5.41) is 0. The molecule has 1 aromatic carbocycles. The second-order valence-corrected chi connectivity index (χ2v) is 4.19. The van der Waals surface area contributed by atoms with E-state index in [2.05, 4.69) is 40.0 Å². The van der Waals surface area contributed by atoms with Gasteiger partial charge in [0.2, 0.25) is 0 Å². The van der Waals surface area contributed by atoms with Gasteiger partial charge in [-0.15, -0.1) is 5.73 Å². The number of allylic oxidation sites excluding steroid dienone is 3. The van der Waals surface area contributed by atoms with Crippen LogP contribution in [0, 0.1) is 0 Å². The predicted molar refractivity (Wildman–Crippen MR) is 78.8 cm³/mol. The van der Waals surface area contributed by atoms with Crippen LogP contribution in [0.25, 0.3) is 16.7 Å². The summed E-state index contributed by atoms with van der Waals surface area (Å²) in [5.41, 5.74) is 7.44. The molecular weight excluding hydrogens is 232 g/mol. The molecule has 1 aromatic heterocycles. The molecule has 0 aliphatic carbocycles. The zero-order valence-electron chi connectivity index (χ0n) is 10.3. The van der Waals surface area contributed by atoms with Crippen molar-refractivity contribution in [1.82, 2.24) is 4.98 Å². The van der Waals surface area contributed by atoms with Crippen molar-refractivity contribution in [2.45, 2.75) is 0 Å². The summed E-state index contributed by atoms with van der Waals surface area (Å²) < 4.78 is 0. The molecule has 0 N–H and O–H groups in total. The maximum absolute atomic E-state index is 4.16. The first kappa shape index (κ1) is 11.4. The Morgan fingerprint density at radius 3 is 2.74 bits per heavy atom. The molecule has 0 fully saturated rings. The molecule has 0 saturated carbocycles. The molecule has 90 valence electrons. The first-order chi connectivity index (χ1) is 9.43. The molecule has 1 aliphatic heterocycles. The highest BCUT2D eigenvalue weighted by Crippen LogP contribution is 2.22. The Kier molecular flexibility index (Phi) is 3.18. The van der Waals surface area contributed by atoms with E-state index >= 15 is 0 Å². The highest BCUT2D eigenvalue weighted by molar-refractivity contribution is 6.10. The van der Waals surface area contributed by atoms with Gasteiger partial charge in [-0.3, -0.25) is 9.98 Å². The fourth-order valence-corrected chi connectivity index (χ4v) is 1.97. The van der Waals surface area contributed by atoms with Gasteiger partial charge in [0, 0.05) is 29.7 Å². The second kappa shape index (κ2) is 5.30. The first-order valence-corrected chi connectivity index (χ1v) is 6.09. The van der Waals surface area contributed by atoms with Crippen molar-refractivity contribution in [2.24, 2.45) is 4.99 Å². The van der Waals surface area contributed by atoms with Gasteiger partial charge in [-0.05, 0) is 35.4 Å². The summed E-state index contributed by atoms with van der Waals surface area (Å²) in [6.07, 6.45) is 11.0. The van der Waals surface area contributed by atoms with Gasteiger partial charge in [0.25, 0.3) is 0 Å². The van der Waals surface area contributed by atoms with E-state index in [0.717, 1.165) is 22.3 Å². The molecule has 3 rings (SSSR count). The smallest absolute Gasteiger partial charge is 0.0686 e. The topological polar surface area (TPSA) is 25.2 Å². The van der Waals surface area contributed by atoms with Crippen molar-refractivity contribution in [2.75, 3.05) is 0 Å². The molecule has 2 heterocycles. The summed E-state index contributed by atoms with van der Waals surface area (Å²) in [6.45, 7) is 0. The fraction of sp³-hybridized carbons (Fsp3) is 0. The van der Waals surface area contributed by atoms with Crippen molar-refractivity contribution >= 4 is 11.8 Å².